The van der Waals surface area contributed by atoms with Crippen LogP contribution in [0.2, 0.25) is 0 Å². The average Bonchev–Trinajstić information content (AvgIpc) is 2.40. The number of hydrogen-bond donors (Lipinski definition) is 0. The van der Waals surface area contributed by atoms with Crippen molar-refractivity contribution in [1.29, 1.82) is 0 Å². The van der Waals surface area contributed by atoms with Gasteiger partial charge in [0, 0.05) is 22.5 Å². The molecule has 1 unspecified atom stereocenters. The summed E-state index contributed by atoms with van der Waals surface area (Å²) in [6.07, 6.45) is 2.24. The van der Waals surface area contributed by atoms with Crippen molar-refractivity contribution in [2.45, 2.75) is 24.6 Å². The van der Waals surface area contributed by atoms with Gasteiger partial charge in [0.25, 0.3) is 0 Å². The van der Waals surface area contributed by atoms with E-state index in [4.69, 9.17) is 9.47 Å². The van der Waals surface area contributed by atoms with E-state index in [9.17, 15) is 0 Å². The summed E-state index contributed by atoms with van der Waals surface area (Å²) < 4.78 is 12.0. The maximum absolute atomic E-state index is 5.50. The van der Waals surface area contributed by atoms with Gasteiger partial charge in [-0.2, -0.15) is 0 Å². The molecule has 4 heteroatoms. The zero-order valence-corrected chi connectivity index (χ0v) is 13.7. The Balaban J connectivity index is 2.11. The van der Waals surface area contributed by atoms with Crippen LogP contribution in [0.5, 0.6) is 5.75 Å². The zero-order chi connectivity index (χ0) is 13.0. The molecular weight excluding hydrogens is 360 g/mol. The first-order valence-electron chi connectivity index (χ1n) is 6.36. The van der Waals surface area contributed by atoms with Gasteiger partial charge in [-0.15, -0.1) is 0 Å². The molecule has 1 saturated heterocycles. The molecule has 1 atom stereocenters. The van der Waals surface area contributed by atoms with E-state index in [-0.39, 0.29) is 0 Å². The van der Waals surface area contributed by atoms with Gasteiger partial charge in [0.05, 0.1) is 6.61 Å². The first kappa shape index (κ1) is 14.4. The van der Waals surface area contributed by atoms with Crippen molar-refractivity contribution in [1.82, 2.24) is 0 Å². The van der Waals surface area contributed by atoms with Crippen molar-refractivity contribution in [3.63, 3.8) is 0 Å². The Morgan fingerprint density at radius 1 is 1.39 bits per heavy atom. The minimum Gasteiger partial charge on any atom is -0.494 e. The molecule has 1 heterocycles. The number of ether oxygens (including phenoxy) is 2. The largest absolute Gasteiger partial charge is 0.494 e. The molecule has 2 rings (SSSR count). The standard InChI is InChI=1S/C14H18Br2O2/c1-2-18-11-3-4-12(13(15)9-11)14(16)10-5-7-17-8-6-10/h3-4,9-10,14H,2,5-8H2,1H3. The summed E-state index contributed by atoms with van der Waals surface area (Å²) in [5.41, 5.74) is 1.30. The third kappa shape index (κ3) is 3.49. The molecule has 0 saturated carbocycles. The quantitative estimate of drug-likeness (QED) is 0.707. The van der Waals surface area contributed by atoms with E-state index < -0.39 is 0 Å². The normalized spacial score (nSPS) is 18.6. The molecule has 0 N–H and O–H groups in total. The molecule has 2 nitrogen and oxygen atoms in total. The summed E-state index contributed by atoms with van der Waals surface area (Å²) in [7, 11) is 0. The van der Waals surface area contributed by atoms with Crippen molar-refractivity contribution in [3.8, 4) is 5.75 Å². The Morgan fingerprint density at radius 3 is 2.72 bits per heavy atom. The number of halogens is 2. The Labute approximate surface area is 125 Å². The van der Waals surface area contributed by atoms with Crippen LogP contribution in [-0.2, 0) is 4.74 Å². The van der Waals surface area contributed by atoms with Gasteiger partial charge in [-0.1, -0.05) is 37.9 Å². The van der Waals surface area contributed by atoms with Crippen molar-refractivity contribution in [2.24, 2.45) is 5.92 Å². The molecule has 1 aliphatic rings. The molecule has 0 bridgehead atoms. The van der Waals surface area contributed by atoms with E-state index in [0.717, 1.165) is 36.3 Å². The second-order valence-electron chi connectivity index (χ2n) is 4.47. The van der Waals surface area contributed by atoms with Crippen molar-refractivity contribution in [2.75, 3.05) is 19.8 Å². The Kier molecular flexibility index (Phi) is 5.52. The molecule has 1 aromatic rings. The van der Waals surface area contributed by atoms with E-state index in [1.54, 1.807) is 0 Å². The molecule has 18 heavy (non-hydrogen) atoms. The number of hydrogen-bond acceptors (Lipinski definition) is 2. The summed E-state index contributed by atoms with van der Waals surface area (Å²) in [4.78, 5) is 0.381. The summed E-state index contributed by atoms with van der Waals surface area (Å²) in [6, 6.07) is 6.23. The van der Waals surface area contributed by atoms with Crippen LogP contribution in [0.3, 0.4) is 0 Å². The molecule has 1 aromatic carbocycles. The van der Waals surface area contributed by atoms with Gasteiger partial charge in [0.2, 0.25) is 0 Å². The molecule has 0 spiro atoms. The second kappa shape index (κ2) is 6.92. The summed E-state index contributed by atoms with van der Waals surface area (Å²) in [5.74, 6) is 1.56. The lowest BCUT2D eigenvalue weighted by Gasteiger charge is -2.27. The summed E-state index contributed by atoms with van der Waals surface area (Å²) in [5, 5.41) is 0. The zero-order valence-electron chi connectivity index (χ0n) is 10.5. The van der Waals surface area contributed by atoms with Crippen molar-refractivity contribution in [3.05, 3.63) is 28.2 Å². The number of benzene rings is 1. The minimum atomic E-state index is 0.381. The Hall–Kier alpha value is -0.0600. The molecule has 0 aromatic heterocycles. The lowest BCUT2D eigenvalue weighted by Crippen LogP contribution is -2.19. The number of alkyl halides is 1. The fourth-order valence-corrected chi connectivity index (χ4v) is 4.09. The highest BCUT2D eigenvalue weighted by Crippen LogP contribution is 2.41. The Bertz CT molecular complexity index is 389. The molecule has 1 aliphatic heterocycles. The molecule has 100 valence electrons. The lowest BCUT2D eigenvalue weighted by atomic mass is 9.92. The van der Waals surface area contributed by atoms with Crippen LogP contribution < -0.4 is 4.74 Å². The third-order valence-corrected chi connectivity index (χ3v) is 5.19. The van der Waals surface area contributed by atoms with Crippen molar-refractivity contribution >= 4 is 31.9 Å². The SMILES string of the molecule is CCOc1ccc(C(Br)C2CCOCC2)c(Br)c1. The summed E-state index contributed by atoms with van der Waals surface area (Å²) in [6.45, 7) is 4.45. The fraction of sp³-hybridized carbons (Fsp3) is 0.571. The third-order valence-electron chi connectivity index (χ3n) is 3.26. The predicted molar refractivity (Wildman–Crippen MR) is 80.5 cm³/mol. The van der Waals surface area contributed by atoms with Crippen LogP contribution >= 0.6 is 31.9 Å². The van der Waals surface area contributed by atoms with Crippen molar-refractivity contribution < 1.29 is 9.47 Å². The highest BCUT2D eigenvalue weighted by Gasteiger charge is 2.24. The maximum atomic E-state index is 5.50. The monoisotopic (exact) mass is 376 g/mol. The molecule has 1 fully saturated rings. The van der Waals surface area contributed by atoms with Gasteiger partial charge in [-0.25, -0.2) is 0 Å². The van der Waals surface area contributed by atoms with Gasteiger partial charge in [0.15, 0.2) is 0 Å². The van der Waals surface area contributed by atoms with Gasteiger partial charge >= 0.3 is 0 Å². The van der Waals surface area contributed by atoms with Crippen LogP contribution in [0.1, 0.15) is 30.2 Å². The van der Waals surface area contributed by atoms with Crippen LogP contribution in [0.25, 0.3) is 0 Å². The lowest BCUT2D eigenvalue weighted by molar-refractivity contribution is 0.0661. The van der Waals surface area contributed by atoms with E-state index in [1.165, 1.54) is 5.56 Å². The molecule has 0 radical (unpaired) electrons. The van der Waals surface area contributed by atoms with Gasteiger partial charge in [-0.3, -0.25) is 0 Å². The van der Waals surface area contributed by atoms with E-state index in [2.05, 4.69) is 37.9 Å². The smallest absolute Gasteiger partial charge is 0.120 e. The Morgan fingerprint density at radius 2 is 2.11 bits per heavy atom. The van der Waals surface area contributed by atoms with E-state index in [0.29, 0.717) is 17.4 Å². The maximum Gasteiger partial charge on any atom is 0.120 e. The van der Waals surface area contributed by atoms with Gasteiger partial charge in [0.1, 0.15) is 5.75 Å². The fourth-order valence-electron chi connectivity index (χ4n) is 2.25. The predicted octanol–water partition coefficient (Wildman–Crippen LogP) is 4.71. The minimum absolute atomic E-state index is 0.381. The van der Waals surface area contributed by atoms with Crippen LogP contribution in [0.4, 0.5) is 0 Å². The highest BCUT2D eigenvalue weighted by atomic mass is 79.9. The molecule has 0 amide bonds. The van der Waals surface area contributed by atoms with Crippen LogP contribution in [0.15, 0.2) is 22.7 Å². The van der Waals surface area contributed by atoms with E-state index in [1.807, 2.05) is 19.1 Å². The average molecular weight is 378 g/mol. The van der Waals surface area contributed by atoms with Gasteiger partial charge in [-0.05, 0) is 43.4 Å². The molecular formula is C14H18Br2O2. The first-order valence-corrected chi connectivity index (χ1v) is 8.07. The van der Waals surface area contributed by atoms with E-state index >= 15 is 0 Å². The van der Waals surface area contributed by atoms with Crippen LogP contribution in [0, 0.1) is 5.92 Å². The molecule has 0 aliphatic carbocycles. The van der Waals surface area contributed by atoms with Gasteiger partial charge < -0.3 is 9.47 Å². The second-order valence-corrected chi connectivity index (χ2v) is 6.31. The number of rotatable bonds is 4. The highest BCUT2D eigenvalue weighted by molar-refractivity contribution is 9.11. The first-order chi connectivity index (χ1) is 8.72. The summed E-state index contributed by atoms with van der Waals surface area (Å²) >= 11 is 7.48. The topological polar surface area (TPSA) is 18.5 Å². The van der Waals surface area contributed by atoms with Crippen LogP contribution in [-0.4, -0.2) is 19.8 Å².